The van der Waals surface area contributed by atoms with Gasteiger partial charge < -0.3 is 14.7 Å². The number of carboxylic acids is 1. The van der Waals surface area contributed by atoms with E-state index >= 15 is 0 Å². The van der Waals surface area contributed by atoms with Gasteiger partial charge in [0.15, 0.2) is 0 Å². The minimum absolute atomic E-state index is 0.0301. The van der Waals surface area contributed by atoms with E-state index in [1.54, 1.807) is 20.2 Å². The lowest BCUT2D eigenvalue weighted by Gasteiger charge is -2.01. The van der Waals surface area contributed by atoms with Gasteiger partial charge in [-0.05, 0) is 12.8 Å². The zero-order valence-corrected chi connectivity index (χ0v) is 9.27. The second-order valence-electron chi connectivity index (χ2n) is 3.98. The molecular formula is C10H17NO4. The second kappa shape index (κ2) is 4.61. The highest BCUT2D eigenvalue weighted by Crippen LogP contribution is 2.57. The molecule has 0 aliphatic heterocycles. The van der Waals surface area contributed by atoms with Gasteiger partial charge in [0.25, 0.3) is 0 Å². The molecule has 0 saturated heterocycles. The van der Waals surface area contributed by atoms with Crippen molar-refractivity contribution < 1.29 is 19.5 Å². The summed E-state index contributed by atoms with van der Waals surface area (Å²) >= 11 is 0. The van der Waals surface area contributed by atoms with Gasteiger partial charge in [-0.15, -0.1) is 0 Å². The maximum Gasteiger partial charge on any atom is 0.310 e. The zero-order valence-electron chi connectivity index (χ0n) is 9.27. The lowest BCUT2D eigenvalue weighted by atomic mass is 10.1. The van der Waals surface area contributed by atoms with Gasteiger partial charge in [-0.1, -0.05) is 12.1 Å². The maximum absolute atomic E-state index is 10.9. The van der Waals surface area contributed by atoms with Crippen LogP contribution in [0, 0.1) is 17.3 Å². The summed E-state index contributed by atoms with van der Waals surface area (Å²) in [7, 11) is 1.58. The predicted octanol–water partition coefficient (Wildman–Crippen LogP) is 0.992. The third-order valence-corrected chi connectivity index (χ3v) is 3.20. The molecule has 5 heteroatoms. The van der Waals surface area contributed by atoms with Crippen molar-refractivity contribution >= 4 is 12.2 Å². The molecule has 1 rings (SSSR count). The number of carbonyl (C=O) groups is 1. The summed E-state index contributed by atoms with van der Waals surface area (Å²) in [5.41, 5.74) is -0.673. The summed E-state index contributed by atoms with van der Waals surface area (Å²) in [5.74, 6) is -0.689. The molecule has 0 radical (unpaired) electrons. The average molecular weight is 215 g/mol. The van der Waals surface area contributed by atoms with Crippen molar-refractivity contribution in [2.24, 2.45) is 22.4 Å². The van der Waals surface area contributed by atoms with Crippen LogP contribution in [0.2, 0.25) is 0 Å². The van der Waals surface area contributed by atoms with Crippen LogP contribution in [0.5, 0.6) is 0 Å². The maximum atomic E-state index is 10.9. The van der Waals surface area contributed by atoms with Gasteiger partial charge in [-0.25, -0.2) is 0 Å². The predicted molar refractivity (Wildman–Crippen MR) is 54.7 cm³/mol. The van der Waals surface area contributed by atoms with Gasteiger partial charge in [-0.2, -0.15) is 0 Å². The van der Waals surface area contributed by atoms with Crippen LogP contribution in [-0.2, 0) is 14.4 Å². The van der Waals surface area contributed by atoms with Crippen LogP contribution in [0.3, 0.4) is 0 Å². The normalized spacial score (nSPS) is 34.3. The molecule has 0 aromatic heterocycles. The van der Waals surface area contributed by atoms with Crippen LogP contribution in [0.1, 0.15) is 13.8 Å². The fraction of sp³-hybridized carbons (Fsp3) is 0.800. The van der Waals surface area contributed by atoms with E-state index in [1.165, 1.54) is 0 Å². The van der Waals surface area contributed by atoms with Crippen LogP contribution in [0.15, 0.2) is 5.16 Å². The second-order valence-corrected chi connectivity index (χ2v) is 3.98. The van der Waals surface area contributed by atoms with Gasteiger partial charge in [0.05, 0.1) is 12.0 Å². The van der Waals surface area contributed by atoms with E-state index in [-0.39, 0.29) is 11.8 Å². The smallest absolute Gasteiger partial charge is 0.310 e. The Kier molecular flexibility index (Phi) is 3.68. The summed E-state index contributed by atoms with van der Waals surface area (Å²) in [4.78, 5) is 15.8. The molecular weight excluding hydrogens is 198 g/mol. The molecule has 1 fully saturated rings. The highest BCUT2D eigenvalue weighted by Gasteiger charge is 2.63. The van der Waals surface area contributed by atoms with E-state index in [0.717, 1.165) is 0 Å². The Hall–Kier alpha value is -1.10. The zero-order chi connectivity index (χ0) is 11.5. The summed E-state index contributed by atoms with van der Waals surface area (Å²) in [6, 6.07) is 0. The molecule has 3 atom stereocenters. The number of nitrogens with zero attached hydrogens (tertiary/aromatic N) is 1. The van der Waals surface area contributed by atoms with Crippen molar-refractivity contribution in [3.8, 4) is 0 Å². The first kappa shape index (κ1) is 12.0. The number of rotatable bonds is 6. The van der Waals surface area contributed by atoms with Crippen molar-refractivity contribution in [3.63, 3.8) is 0 Å². The van der Waals surface area contributed by atoms with E-state index in [4.69, 9.17) is 14.7 Å². The molecule has 0 amide bonds. The Balaban J connectivity index is 2.33. The quantitative estimate of drug-likeness (QED) is 0.407. The largest absolute Gasteiger partial charge is 0.481 e. The van der Waals surface area contributed by atoms with Crippen molar-refractivity contribution in [2.45, 2.75) is 13.8 Å². The summed E-state index contributed by atoms with van der Waals surface area (Å²) < 4.78 is 4.77. The number of methoxy groups -OCH3 is 1. The lowest BCUT2D eigenvalue weighted by Crippen LogP contribution is -2.14. The third kappa shape index (κ3) is 2.28. The summed E-state index contributed by atoms with van der Waals surface area (Å²) in [6.07, 6.45) is 1.58. The first-order valence-corrected chi connectivity index (χ1v) is 4.93. The van der Waals surface area contributed by atoms with Crippen LogP contribution < -0.4 is 0 Å². The Morgan fingerprint density at radius 3 is 2.73 bits per heavy atom. The minimum Gasteiger partial charge on any atom is -0.481 e. The first-order valence-electron chi connectivity index (χ1n) is 4.93. The fourth-order valence-electron chi connectivity index (χ4n) is 1.67. The molecule has 1 aliphatic carbocycles. The van der Waals surface area contributed by atoms with Crippen LogP contribution in [0.4, 0.5) is 0 Å². The van der Waals surface area contributed by atoms with Crippen LogP contribution in [0.25, 0.3) is 0 Å². The lowest BCUT2D eigenvalue weighted by molar-refractivity contribution is -0.143. The molecule has 1 aliphatic rings. The first-order chi connectivity index (χ1) is 7.05. The number of aliphatic carboxylic acids is 1. The van der Waals surface area contributed by atoms with Gasteiger partial charge in [-0.3, -0.25) is 4.79 Å². The van der Waals surface area contributed by atoms with E-state index in [1.807, 2.05) is 6.92 Å². The van der Waals surface area contributed by atoms with E-state index in [2.05, 4.69) is 5.16 Å². The van der Waals surface area contributed by atoms with Gasteiger partial charge in [0.1, 0.15) is 6.61 Å². The number of oxime groups is 1. The monoisotopic (exact) mass is 215 g/mol. The Morgan fingerprint density at radius 1 is 1.60 bits per heavy atom. The standard InChI is InChI=1S/C10H17NO4/c1-7-8(10(7,2)9(12)13)6-11-15-5-4-14-3/h6-8H,4-5H2,1-3H3,(H,12,13)/t7-,8+,10+/m0/s1. The molecule has 5 nitrogen and oxygen atoms in total. The van der Waals surface area contributed by atoms with E-state index in [9.17, 15) is 4.79 Å². The molecule has 0 aromatic carbocycles. The Labute approximate surface area is 89.1 Å². The van der Waals surface area contributed by atoms with Gasteiger partial charge in [0, 0.05) is 19.2 Å². The number of hydrogen-bond acceptors (Lipinski definition) is 4. The molecule has 0 heterocycles. The van der Waals surface area contributed by atoms with Crippen molar-refractivity contribution in [1.82, 2.24) is 0 Å². The van der Waals surface area contributed by atoms with Crippen molar-refractivity contribution in [1.29, 1.82) is 0 Å². The number of carboxylic acid groups (broad SMARTS) is 1. The van der Waals surface area contributed by atoms with Crippen molar-refractivity contribution in [3.05, 3.63) is 0 Å². The third-order valence-electron chi connectivity index (χ3n) is 3.20. The molecule has 86 valence electrons. The molecule has 0 aromatic rings. The molecule has 15 heavy (non-hydrogen) atoms. The molecule has 1 N–H and O–H groups in total. The van der Waals surface area contributed by atoms with Crippen molar-refractivity contribution in [2.75, 3.05) is 20.3 Å². The highest BCUT2D eigenvalue weighted by molar-refractivity contribution is 5.86. The van der Waals surface area contributed by atoms with E-state index in [0.29, 0.717) is 13.2 Å². The number of hydrogen-bond donors (Lipinski definition) is 1. The fourth-order valence-corrected chi connectivity index (χ4v) is 1.67. The Morgan fingerprint density at radius 2 is 2.27 bits per heavy atom. The Bertz CT molecular complexity index is 266. The summed E-state index contributed by atoms with van der Waals surface area (Å²) in [5, 5.41) is 12.7. The SMILES string of the molecule is COCCON=C[C@@H]1[C@H](C)[C@@]1(C)C(=O)O. The highest BCUT2D eigenvalue weighted by atomic mass is 16.6. The number of ether oxygens (including phenoxy) is 1. The van der Waals surface area contributed by atoms with E-state index < -0.39 is 11.4 Å². The van der Waals surface area contributed by atoms with Gasteiger partial charge in [0.2, 0.25) is 0 Å². The minimum atomic E-state index is -0.775. The molecule has 0 spiro atoms. The van der Waals surface area contributed by atoms with Crippen LogP contribution in [-0.4, -0.2) is 37.6 Å². The molecule has 0 unspecified atom stereocenters. The topological polar surface area (TPSA) is 68.1 Å². The summed E-state index contributed by atoms with van der Waals surface area (Å²) in [6.45, 7) is 4.50. The average Bonchev–Trinajstić information content (AvgIpc) is 2.72. The molecule has 1 saturated carbocycles. The molecule has 0 bridgehead atoms. The van der Waals surface area contributed by atoms with Gasteiger partial charge >= 0.3 is 5.97 Å². The van der Waals surface area contributed by atoms with Crippen LogP contribution >= 0.6 is 0 Å².